The third-order valence-corrected chi connectivity index (χ3v) is 5.24. The van der Waals surface area contributed by atoms with Gasteiger partial charge < -0.3 is 41.6 Å². The molecule has 3 rings (SSSR count). The molecule has 0 atom stereocenters. The zero-order valence-electron chi connectivity index (χ0n) is 20.0. The van der Waals surface area contributed by atoms with Crippen LogP contribution in [0.4, 0.5) is 23.5 Å². The molecule has 1 amide bonds. The number of nitrogens with one attached hydrogen (secondary N) is 4. The Labute approximate surface area is 205 Å². The number of benzene rings is 1. The molecule has 1 fully saturated rings. The van der Waals surface area contributed by atoms with Crippen LogP contribution < -0.4 is 27.0 Å². The van der Waals surface area contributed by atoms with E-state index in [4.69, 9.17) is 20.3 Å². The van der Waals surface area contributed by atoms with Crippen LogP contribution in [0.5, 0.6) is 0 Å². The zero-order chi connectivity index (χ0) is 24.7. The third kappa shape index (κ3) is 9.61. The van der Waals surface area contributed by atoms with Crippen LogP contribution in [0.15, 0.2) is 24.3 Å². The van der Waals surface area contributed by atoms with E-state index in [-0.39, 0.29) is 12.5 Å². The lowest BCUT2D eigenvalue weighted by molar-refractivity contribution is 0.0511. The van der Waals surface area contributed by atoms with Crippen molar-refractivity contribution < 1.29 is 19.4 Å². The molecule has 0 unspecified atom stereocenters. The van der Waals surface area contributed by atoms with Gasteiger partial charge in [0.25, 0.3) is 5.91 Å². The van der Waals surface area contributed by atoms with Crippen molar-refractivity contribution in [2.45, 2.75) is 31.7 Å². The Morgan fingerprint density at radius 2 is 1.80 bits per heavy atom. The molecule has 0 bridgehead atoms. The summed E-state index contributed by atoms with van der Waals surface area (Å²) in [6.45, 7) is 3.34. The van der Waals surface area contributed by atoms with Crippen molar-refractivity contribution in [1.82, 2.24) is 20.3 Å². The number of anilines is 4. The van der Waals surface area contributed by atoms with Crippen molar-refractivity contribution >= 4 is 29.4 Å². The molecule has 35 heavy (non-hydrogen) atoms. The number of nitrogens with two attached hydrogens (primary N) is 1. The minimum Gasteiger partial charge on any atom is -0.396 e. The SMILES string of the molecule is NCCOCCOCCNC(=O)c1cccc(Nc2nc(NCCCO)nc(NC3CCC3)n2)c1. The molecule has 0 aliphatic heterocycles. The Balaban J connectivity index is 1.54. The number of hydrogen-bond donors (Lipinski definition) is 6. The van der Waals surface area contributed by atoms with Gasteiger partial charge in [0.1, 0.15) is 0 Å². The second kappa shape index (κ2) is 15.0. The van der Waals surface area contributed by atoms with Crippen molar-refractivity contribution in [3.63, 3.8) is 0 Å². The van der Waals surface area contributed by atoms with Crippen molar-refractivity contribution in [2.75, 3.05) is 68.6 Å². The largest absolute Gasteiger partial charge is 0.396 e. The summed E-state index contributed by atoms with van der Waals surface area (Å²) in [5.74, 6) is 1.06. The molecule has 1 heterocycles. The summed E-state index contributed by atoms with van der Waals surface area (Å²) in [6.07, 6.45) is 3.96. The van der Waals surface area contributed by atoms with Crippen molar-refractivity contribution in [2.24, 2.45) is 5.73 Å². The number of aliphatic hydroxyl groups is 1. The van der Waals surface area contributed by atoms with Gasteiger partial charge in [0.15, 0.2) is 0 Å². The Morgan fingerprint density at radius 3 is 2.54 bits per heavy atom. The van der Waals surface area contributed by atoms with Gasteiger partial charge in [-0.05, 0) is 43.9 Å². The van der Waals surface area contributed by atoms with Crippen LogP contribution in [-0.2, 0) is 9.47 Å². The van der Waals surface area contributed by atoms with E-state index in [1.54, 1.807) is 18.2 Å². The van der Waals surface area contributed by atoms with E-state index < -0.39 is 0 Å². The molecule has 12 heteroatoms. The summed E-state index contributed by atoms with van der Waals surface area (Å²) in [4.78, 5) is 25.9. The van der Waals surface area contributed by atoms with Gasteiger partial charge in [-0.1, -0.05) is 6.07 Å². The number of aromatic nitrogens is 3. The van der Waals surface area contributed by atoms with Gasteiger partial charge in [0.05, 0.1) is 26.4 Å². The molecular formula is C23H36N8O4. The molecule has 1 aliphatic rings. The van der Waals surface area contributed by atoms with Gasteiger partial charge in [-0.15, -0.1) is 0 Å². The quantitative estimate of drug-likeness (QED) is 0.176. The highest BCUT2D eigenvalue weighted by Crippen LogP contribution is 2.23. The van der Waals surface area contributed by atoms with Crippen LogP contribution >= 0.6 is 0 Å². The molecule has 1 aliphatic carbocycles. The lowest BCUT2D eigenvalue weighted by Crippen LogP contribution is -2.28. The standard InChI is InChI=1S/C23H36N8O4/c24-8-12-34-14-15-35-13-10-25-20(33)17-4-1-7-19(16-17)28-23-30-21(26-9-3-11-32)29-22(31-23)27-18-5-2-6-18/h1,4,7,16,18,32H,2-3,5-6,8-15,24H2,(H,25,33)(H3,26,27,28,29,30,31). The Kier molecular flexibility index (Phi) is 11.4. The molecule has 0 radical (unpaired) electrons. The molecule has 1 aromatic carbocycles. The number of carbonyl (C=O) groups excluding carboxylic acids is 1. The van der Waals surface area contributed by atoms with E-state index in [1.807, 2.05) is 6.07 Å². The second-order valence-corrected chi connectivity index (χ2v) is 8.06. The number of hydrogen-bond acceptors (Lipinski definition) is 11. The number of amides is 1. The summed E-state index contributed by atoms with van der Waals surface area (Å²) < 4.78 is 10.7. The molecule has 12 nitrogen and oxygen atoms in total. The molecule has 0 spiro atoms. The highest BCUT2D eigenvalue weighted by molar-refractivity contribution is 5.95. The van der Waals surface area contributed by atoms with E-state index in [1.165, 1.54) is 6.42 Å². The van der Waals surface area contributed by atoms with E-state index >= 15 is 0 Å². The maximum Gasteiger partial charge on any atom is 0.251 e. The fraction of sp³-hybridized carbons (Fsp3) is 0.565. The first-order chi connectivity index (χ1) is 17.2. The van der Waals surface area contributed by atoms with Crippen molar-refractivity contribution in [3.8, 4) is 0 Å². The van der Waals surface area contributed by atoms with Crippen LogP contribution in [0, 0.1) is 0 Å². The van der Waals surface area contributed by atoms with Crippen molar-refractivity contribution in [3.05, 3.63) is 29.8 Å². The first-order valence-corrected chi connectivity index (χ1v) is 12.1. The topological polar surface area (TPSA) is 169 Å². The van der Waals surface area contributed by atoms with Crippen LogP contribution in [0.25, 0.3) is 0 Å². The lowest BCUT2D eigenvalue weighted by Gasteiger charge is -2.26. The molecule has 7 N–H and O–H groups in total. The average molecular weight is 489 g/mol. The van der Waals surface area contributed by atoms with Crippen LogP contribution in [0.1, 0.15) is 36.0 Å². The zero-order valence-corrected chi connectivity index (χ0v) is 20.0. The number of rotatable bonds is 17. The van der Waals surface area contributed by atoms with Crippen LogP contribution in [0.3, 0.4) is 0 Å². The van der Waals surface area contributed by atoms with Gasteiger partial charge in [-0.3, -0.25) is 4.79 Å². The van der Waals surface area contributed by atoms with E-state index in [2.05, 4.69) is 36.2 Å². The van der Waals surface area contributed by atoms with Gasteiger partial charge in [-0.25, -0.2) is 0 Å². The second-order valence-electron chi connectivity index (χ2n) is 8.06. The highest BCUT2D eigenvalue weighted by atomic mass is 16.5. The number of aliphatic hydroxyl groups excluding tert-OH is 1. The fourth-order valence-corrected chi connectivity index (χ4v) is 3.20. The fourth-order valence-electron chi connectivity index (χ4n) is 3.20. The molecule has 2 aromatic rings. The predicted molar refractivity (Wildman–Crippen MR) is 134 cm³/mol. The van der Waals surface area contributed by atoms with Gasteiger partial charge in [-0.2, -0.15) is 15.0 Å². The van der Waals surface area contributed by atoms with E-state index in [0.717, 1.165) is 12.8 Å². The van der Waals surface area contributed by atoms with Gasteiger partial charge >= 0.3 is 0 Å². The smallest absolute Gasteiger partial charge is 0.251 e. The highest BCUT2D eigenvalue weighted by Gasteiger charge is 2.19. The average Bonchev–Trinajstić information content (AvgIpc) is 2.83. The first kappa shape index (κ1) is 26.5. The first-order valence-electron chi connectivity index (χ1n) is 12.1. The number of carbonyl (C=O) groups is 1. The maximum absolute atomic E-state index is 12.5. The van der Waals surface area contributed by atoms with Crippen molar-refractivity contribution in [1.29, 1.82) is 0 Å². The molecular weight excluding hydrogens is 452 g/mol. The van der Waals surface area contributed by atoms with E-state index in [9.17, 15) is 4.79 Å². The minimum atomic E-state index is -0.203. The third-order valence-electron chi connectivity index (χ3n) is 5.24. The van der Waals surface area contributed by atoms with E-state index in [0.29, 0.717) is 87.6 Å². The minimum absolute atomic E-state index is 0.0839. The summed E-state index contributed by atoms with van der Waals surface area (Å²) in [5.41, 5.74) is 6.53. The molecule has 192 valence electrons. The van der Waals surface area contributed by atoms with Crippen LogP contribution in [-0.4, -0.2) is 84.7 Å². The summed E-state index contributed by atoms with van der Waals surface area (Å²) >= 11 is 0. The number of ether oxygens (including phenoxy) is 2. The Hall–Kier alpha value is -3.06. The predicted octanol–water partition coefficient (Wildman–Crippen LogP) is 1.10. The molecule has 0 saturated heterocycles. The van der Waals surface area contributed by atoms with Gasteiger partial charge in [0.2, 0.25) is 17.8 Å². The Bertz CT molecular complexity index is 913. The van der Waals surface area contributed by atoms with Gasteiger partial charge in [0, 0.05) is 43.5 Å². The normalized spacial score (nSPS) is 13.2. The van der Waals surface area contributed by atoms with Crippen LogP contribution in [0.2, 0.25) is 0 Å². The summed E-state index contributed by atoms with van der Waals surface area (Å²) in [7, 11) is 0. The maximum atomic E-state index is 12.5. The Morgan fingerprint density at radius 1 is 1.03 bits per heavy atom. The number of nitrogens with zero attached hydrogens (tertiary/aromatic N) is 3. The molecule has 1 saturated carbocycles. The monoisotopic (exact) mass is 488 g/mol. The summed E-state index contributed by atoms with van der Waals surface area (Å²) in [5, 5.41) is 21.5. The molecule has 1 aromatic heterocycles. The summed E-state index contributed by atoms with van der Waals surface area (Å²) in [6, 6.07) is 7.46. The lowest BCUT2D eigenvalue weighted by atomic mass is 9.93.